The van der Waals surface area contributed by atoms with Crippen LogP contribution in [0.25, 0.3) is 11.0 Å². The first-order valence-electron chi connectivity index (χ1n) is 11.1. The fourth-order valence-electron chi connectivity index (χ4n) is 4.42. The number of hydrogen-bond acceptors (Lipinski definition) is 5. The molecule has 1 aliphatic carbocycles. The molecule has 1 saturated carbocycles. The third kappa shape index (κ3) is 3.86. The molecule has 10 heteroatoms. The van der Waals surface area contributed by atoms with Gasteiger partial charge in [-0.25, -0.2) is 19.0 Å². The SMILES string of the molecule is Cc1nn(Cn2nc(C)c(NC(=O)Cn3nc(C)c4c(C5CC5)ccnc43)c2C)c(C)c1Br. The van der Waals surface area contributed by atoms with Gasteiger partial charge in [0.2, 0.25) is 5.91 Å². The first kappa shape index (κ1) is 21.8. The minimum Gasteiger partial charge on any atom is -0.321 e. The van der Waals surface area contributed by atoms with Gasteiger partial charge in [-0.1, -0.05) is 0 Å². The normalized spacial score (nSPS) is 13.8. The summed E-state index contributed by atoms with van der Waals surface area (Å²) in [6.45, 7) is 10.4. The van der Waals surface area contributed by atoms with Crippen molar-refractivity contribution < 1.29 is 4.79 Å². The Morgan fingerprint density at radius 1 is 1.00 bits per heavy atom. The van der Waals surface area contributed by atoms with Crippen LogP contribution < -0.4 is 5.32 Å². The molecule has 1 amide bonds. The van der Waals surface area contributed by atoms with Crippen LogP contribution in [0.1, 0.15) is 52.8 Å². The summed E-state index contributed by atoms with van der Waals surface area (Å²) in [5.74, 6) is 0.442. The first-order chi connectivity index (χ1) is 15.7. The van der Waals surface area contributed by atoms with Crippen molar-refractivity contribution in [2.45, 2.75) is 66.6 Å². The molecule has 33 heavy (non-hydrogen) atoms. The maximum atomic E-state index is 13.0. The van der Waals surface area contributed by atoms with Crippen LogP contribution >= 0.6 is 15.9 Å². The highest BCUT2D eigenvalue weighted by Crippen LogP contribution is 2.43. The summed E-state index contributed by atoms with van der Waals surface area (Å²) in [5, 5.41) is 17.9. The van der Waals surface area contributed by atoms with Gasteiger partial charge in [0.05, 0.1) is 38.6 Å². The lowest BCUT2D eigenvalue weighted by Crippen LogP contribution is -2.20. The van der Waals surface area contributed by atoms with Crippen LogP contribution in [0, 0.1) is 34.6 Å². The molecule has 0 bridgehead atoms. The quantitative estimate of drug-likeness (QED) is 0.420. The highest BCUT2D eigenvalue weighted by molar-refractivity contribution is 9.10. The predicted molar refractivity (Wildman–Crippen MR) is 129 cm³/mol. The molecule has 0 radical (unpaired) electrons. The standard InChI is InChI=1S/C23H27BrN8O/c1-12-20-18(17-6-7-17)8-9-25-23(20)30(27-12)10-19(33)26-22-14(3)29-32(16(22)5)11-31-15(4)21(24)13(2)28-31/h8-9,17H,6-7,10-11H2,1-5H3,(H,26,33). The number of amides is 1. The van der Waals surface area contributed by atoms with Crippen LogP contribution in [0.2, 0.25) is 0 Å². The topological polar surface area (TPSA) is 95.5 Å². The fraction of sp³-hybridized carbons (Fsp3) is 0.435. The molecule has 1 fully saturated rings. The zero-order valence-electron chi connectivity index (χ0n) is 19.5. The number of halogens is 1. The summed E-state index contributed by atoms with van der Waals surface area (Å²) >= 11 is 3.57. The highest BCUT2D eigenvalue weighted by Gasteiger charge is 2.28. The van der Waals surface area contributed by atoms with Gasteiger partial charge in [-0.3, -0.25) is 4.79 Å². The Bertz CT molecular complexity index is 1390. The highest BCUT2D eigenvalue weighted by atomic mass is 79.9. The Labute approximate surface area is 200 Å². The van der Waals surface area contributed by atoms with E-state index < -0.39 is 0 Å². The number of nitrogens with one attached hydrogen (secondary N) is 1. The zero-order valence-corrected chi connectivity index (χ0v) is 21.1. The van der Waals surface area contributed by atoms with Crippen molar-refractivity contribution in [3.8, 4) is 0 Å². The van der Waals surface area contributed by atoms with Gasteiger partial charge in [0.15, 0.2) is 5.65 Å². The van der Waals surface area contributed by atoms with Gasteiger partial charge >= 0.3 is 0 Å². The van der Waals surface area contributed by atoms with E-state index in [2.05, 4.69) is 47.6 Å². The molecule has 0 saturated heterocycles. The number of carbonyl (C=O) groups is 1. The number of hydrogen-bond donors (Lipinski definition) is 1. The van der Waals surface area contributed by atoms with E-state index in [-0.39, 0.29) is 12.5 Å². The van der Waals surface area contributed by atoms with Gasteiger partial charge in [0, 0.05) is 11.6 Å². The van der Waals surface area contributed by atoms with Gasteiger partial charge in [-0.05, 0) is 80.9 Å². The maximum Gasteiger partial charge on any atom is 0.246 e. The van der Waals surface area contributed by atoms with Crippen molar-refractivity contribution in [1.82, 2.24) is 34.3 Å². The Balaban J connectivity index is 1.37. The molecule has 172 valence electrons. The Hall–Kier alpha value is -3.01. The molecule has 4 heterocycles. The molecule has 4 aromatic rings. The van der Waals surface area contributed by atoms with Crippen molar-refractivity contribution in [3.05, 3.63) is 50.8 Å². The van der Waals surface area contributed by atoms with E-state index in [1.165, 1.54) is 18.4 Å². The number of nitrogens with zero attached hydrogens (tertiary/aromatic N) is 7. The second-order valence-corrected chi connectivity index (χ2v) is 9.63. The molecule has 1 N–H and O–H groups in total. The van der Waals surface area contributed by atoms with E-state index in [1.807, 2.05) is 50.2 Å². The van der Waals surface area contributed by atoms with Gasteiger partial charge in [0.1, 0.15) is 13.2 Å². The minimum absolute atomic E-state index is 0.0971. The van der Waals surface area contributed by atoms with Crippen LogP contribution in [-0.4, -0.2) is 40.2 Å². The molecule has 1 aliphatic rings. The van der Waals surface area contributed by atoms with Crippen LogP contribution in [0.15, 0.2) is 16.7 Å². The van der Waals surface area contributed by atoms with E-state index in [0.29, 0.717) is 12.6 Å². The summed E-state index contributed by atoms with van der Waals surface area (Å²) < 4.78 is 6.45. The van der Waals surface area contributed by atoms with Gasteiger partial charge in [-0.15, -0.1) is 0 Å². The molecular weight excluding hydrogens is 484 g/mol. The van der Waals surface area contributed by atoms with E-state index in [4.69, 9.17) is 0 Å². The summed E-state index contributed by atoms with van der Waals surface area (Å²) in [5.41, 5.74) is 7.31. The smallest absolute Gasteiger partial charge is 0.246 e. The van der Waals surface area contributed by atoms with Crippen molar-refractivity contribution in [2.24, 2.45) is 0 Å². The summed E-state index contributed by atoms with van der Waals surface area (Å²) in [6.07, 6.45) is 4.24. The lowest BCUT2D eigenvalue weighted by molar-refractivity contribution is -0.116. The maximum absolute atomic E-state index is 13.0. The fourth-order valence-corrected chi connectivity index (χ4v) is 4.71. The third-order valence-electron chi connectivity index (χ3n) is 6.36. The Morgan fingerprint density at radius 3 is 2.33 bits per heavy atom. The second-order valence-electron chi connectivity index (χ2n) is 8.84. The third-order valence-corrected chi connectivity index (χ3v) is 7.51. The number of aryl methyl sites for hydroxylation is 3. The first-order valence-corrected chi connectivity index (χ1v) is 11.9. The predicted octanol–water partition coefficient (Wildman–Crippen LogP) is 4.15. The summed E-state index contributed by atoms with van der Waals surface area (Å²) in [6, 6.07) is 2.08. The van der Waals surface area contributed by atoms with Crippen molar-refractivity contribution in [3.63, 3.8) is 0 Å². The summed E-state index contributed by atoms with van der Waals surface area (Å²) in [4.78, 5) is 17.5. The molecule has 4 aromatic heterocycles. The molecule has 0 aliphatic heterocycles. The van der Waals surface area contributed by atoms with Crippen molar-refractivity contribution in [1.29, 1.82) is 0 Å². The number of carbonyl (C=O) groups excluding carboxylic acids is 1. The van der Waals surface area contributed by atoms with E-state index in [1.54, 1.807) is 4.68 Å². The number of aromatic nitrogens is 7. The van der Waals surface area contributed by atoms with Gasteiger partial charge < -0.3 is 5.32 Å². The Morgan fingerprint density at radius 2 is 1.67 bits per heavy atom. The average Bonchev–Trinajstić information content (AvgIpc) is 3.49. The van der Waals surface area contributed by atoms with Crippen molar-refractivity contribution in [2.75, 3.05) is 5.32 Å². The average molecular weight is 511 g/mol. The van der Waals surface area contributed by atoms with E-state index >= 15 is 0 Å². The molecule has 0 unspecified atom stereocenters. The number of pyridine rings is 1. The lowest BCUT2D eigenvalue weighted by Gasteiger charge is -2.09. The molecular formula is C23H27BrN8O. The number of fused-ring (bicyclic) bond motifs is 1. The molecule has 0 atom stereocenters. The van der Waals surface area contributed by atoms with Crippen LogP contribution in [0.5, 0.6) is 0 Å². The number of anilines is 1. The monoisotopic (exact) mass is 510 g/mol. The van der Waals surface area contributed by atoms with Crippen LogP contribution in [-0.2, 0) is 18.0 Å². The Kier molecular flexibility index (Phi) is 5.35. The molecule has 5 rings (SSSR count). The van der Waals surface area contributed by atoms with Gasteiger partial charge in [0.25, 0.3) is 0 Å². The minimum atomic E-state index is -0.155. The van der Waals surface area contributed by atoms with E-state index in [0.717, 1.165) is 49.7 Å². The van der Waals surface area contributed by atoms with Crippen LogP contribution in [0.4, 0.5) is 5.69 Å². The number of rotatable bonds is 6. The molecule has 0 spiro atoms. The zero-order chi connectivity index (χ0) is 23.4. The van der Waals surface area contributed by atoms with Crippen molar-refractivity contribution >= 4 is 38.6 Å². The lowest BCUT2D eigenvalue weighted by atomic mass is 10.1. The summed E-state index contributed by atoms with van der Waals surface area (Å²) in [7, 11) is 0. The molecule has 0 aromatic carbocycles. The van der Waals surface area contributed by atoms with Crippen LogP contribution in [0.3, 0.4) is 0 Å². The molecule has 9 nitrogen and oxygen atoms in total. The second kappa shape index (κ2) is 8.09. The largest absolute Gasteiger partial charge is 0.321 e. The van der Waals surface area contributed by atoms with E-state index in [9.17, 15) is 4.79 Å². The van der Waals surface area contributed by atoms with Gasteiger partial charge in [-0.2, -0.15) is 15.3 Å².